The van der Waals surface area contributed by atoms with Crippen molar-refractivity contribution in [1.29, 1.82) is 0 Å². The van der Waals surface area contributed by atoms with Gasteiger partial charge in [-0.15, -0.1) is 11.3 Å². The second-order valence-corrected chi connectivity index (χ2v) is 12.5. The molecule has 0 aliphatic carbocycles. The van der Waals surface area contributed by atoms with Crippen LogP contribution in [0.2, 0.25) is 0 Å². The molecule has 49 heavy (non-hydrogen) atoms. The number of imide groups is 2. The fourth-order valence-electron chi connectivity index (χ4n) is 5.81. The molecule has 0 radical (unpaired) electrons. The molecule has 5 amide bonds. The first kappa shape index (κ1) is 31.6. The highest BCUT2D eigenvalue weighted by atomic mass is 32.1. The van der Waals surface area contributed by atoms with E-state index in [0.717, 1.165) is 42.6 Å². The van der Waals surface area contributed by atoms with Crippen LogP contribution in [0.15, 0.2) is 79.0 Å². The normalized spacial score (nSPS) is 15.7. The molecule has 0 saturated carbocycles. The summed E-state index contributed by atoms with van der Waals surface area (Å²) in [7, 11) is 1.64. The van der Waals surface area contributed by atoms with Crippen LogP contribution in [0.1, 0.15) is 46.4 Å². The Bertz CT molecular complexity index is 2150. The van der Waals surface area contributed by atoms with Gasteiger partial charge in [0.05, 0.1) is 35.1 Å². The van der Waals surface area contributed by atoms with Gasteiger partial charge in [-0.1, -0.05) is 24.3 Å². The molecule has 2 N–H and O–H groups in total. The van der Waals surface area contributed by atoms with Crippen molar-refractivity contribution >= 4 is 56.9 Å². The zero-order valence-electron chi connectivity index (χ0n) is 26.2. The Hall–Kier alpha value is -5.95. The number of piperidine rings is 1. The highest BCUT2D eigenvalue weighted by Crippen LogP contribution is 2.34. The van der Waals surface area contributed by atoms with Crippen LogP contribution in [0.3, 0.4) is 0 Å². The van der Waals surface area contributed by atoms with Gasteiger partial charge in [0.1, 0.15) is 28.4 Å². The van der Waals surface area contributed by atoms with Crippen molar-refractivity contribution in [3.05, 3.63) is 90.1 Å². The number of anilines is 1. The standard InChI is InChI=1S/C36H29N5O7S/c1-47-23-9-11-27-29(19-23)49-34(38-27)21-6-4-20(5-7-21)22-14-15-37-30(17-22)39-31(42)3-2-16-48-24-8-10-25-26(18-24)36(46)41(35(25)45)28-12-13-32(43)40-33(28)44/h4-11,14-15,17-19,28H,2-3,12-13,16H2,1H3,(H,37,39,42)(H,40,43,44). The van der Waals surface area contributed by atoms with Gasteiger partial charge in [0.25, 0.3) is 11.8 Å². The molecule has 3 aromatic carbocycles. The Kier molecular flexibility index (Phi) is 8.57. The topological polar surface area (TPSA) is 157 Å². The smallest absolute Gasteiger partial charge is 0.262 e. The van der Waals surface area contributed by atoms with Crippen molar-refractivity contribution in [2.24, 2.45) is 0 Å². The predicted octanol–water partition coefficient (Wildman–Crippen LogP) is 5.23. The number of rotatable bonds is 10. The number of thiazole rings is 1. The van der Waals surface area contributed by atoms with Gasteiger partial charge in [0, 0.05) is 24.6 Å². The maximum absolute atomic E-state index is 13.0. The number of benzene rings is 3. The van der Waals surface area contributed by atoms with Crippen LogP contribution in [0.4, 0.5) is 5.82 Å². The molecule has 1 fully saturated rings. The first-order valence-electron chi connectivity index (χ1n) is 15.6. The van der Waals surface area contributed by atoms with Gasteiger partial charge in [-0.25, -0.2) is 9.97 Å². The van der Waals surface area contributed by atoms with Gasteiger partial charge in [-0.2, -0.15) is 0 Å². The zero-order valence-corrected chi connectivity index (χ0v) is 27.0. The van der Waals surface area contributed by atoms with Crippen LogP contribution >= 0.6 is 11.3 Å². The molecule has 12 nitrogen and oxygen atoms in total. The van der Waals surface area contributed by atoms with E-state index < -0.39 is 29.7 Å². The summed E-state index contributed by atoms with van der Waals surface area (Å²) in [6, 6.07) is 21.0. The van der Waals surface area contributed by atoms with Crippen molar-refractivity contribution in [2.45, 2.75) is 31.7 Å². The van der Waals surface area contributed by atoms with Gasteiger partial charge < -0.3 is 14.8 Å². The predicted molar refractivity (Wildman–Crippen MR) is 181 cm³/mol. The number of pyridine rings is 1. The molecular weight excluding hydrogens is 646 g/mol. The fraction of sp³-hybridized carbons (Fsp3) is 0.194. The van der Waals surface area contributed by atoms with Crippen LogP contribution in [-0.2, 0) is 14.4 Å². The Balaban J connectivity index is 0.915. The number of ether oxygens (including phenoxy) is 2. The van der Waals surface area contributed by atoms with E-state index in [1.54, 1.807) is 30.7 Å². The molecule has 7 rings (SSSR count). The number of hydrogen-bond donors (Lipinski definition) is 2. The van der Waals surface area contributed by atoms with Crippen LogP contribution in [0, 0.1) is 0 Å². The summed E-state index contributed by atoms with van der Waals surface area (Å²) in [6.07, 6.45) is 2.32. The van der Waals surface area contributed by atoms with E-state index in [1.165, 1.54) is 12.1 Å². The van der Waals surface area contributed by atoms with Crippen molar-refractivity contribution in [2.75, 3.05) is 19.0 Å². The molecule has 1 saturated heterocycles. The summed E-state index contributed by atoms with van der Waals surface area (Å²) in [4.78, 5) is 72.3. The van der Waals surface area contributed by atoms with E-state index in [0.29, 0.717) is 18.0 Å². The largest absolute Gasteiger partial charge is 0.497 e. The first-order chi connectivity index (χ1) is 23.8. The molecule has 246 valence electrons. The molecular formula is C36H29N5O7S. The third kappa shape index (κ3) is 6.48. The highest BCUT2D eigenvalue weighted by Gasteiger charge is 2.44. The minimum absolute atomic E-state index is 0.0462. The van der Waals surface area contributed by atoms with Gasteiger partial charge in [-0.05, 0) is 72.5 Å². The molecule has 1 unspecified atom stereocenters. The molecule has 1 atom stereocenters. The Labute approximate surface area is 284 Å². The van der Waals surface area contributed by atoms with Gasteiger partial charge >= 0.3 is 0 Å². The van der Waals surface area contributed by atoms with E-state index in [9.17, 15) is 24.0 Å². The van der Waals surface area contributed by atoms with E-state index in [4.69, 9.17) is 14.5 Å². The highest BCUT2D eigenvalue weighted by molar-refractivity contribution is 7.21. The molecule has 2 aliphatic heterocycles. The van der Waals surface area contributed by atoms with Crippen molar-refractivity contribution in [3.8, 4) is 33.2 Å². The second-order valence-electron chi connectivity index (χ2n) is 11.5. The molecule has 0 bridgehead atoms. The minimum Gasteiger partial charge on any atom is -0.497 e. The maximum Gasteiger partial charge on any atom is 0.262 e. The van der Waals surface area contributed by atoms with Gasteiger partial charge in [0.2, 0.25) is 17.7 Å². The van der Waals surface area contributed by atoms with Gasteiger partial charge in [0.15, 0.2) is 0 Å². The quantitative estimate of drug-likeness (QED) is 0.149. The van der Waals surface area contributed by atoms with Crippen molar-refractivity contribution < 1.29 is 33.4 Å². The number of amides is 5. The van der Waals surface area contributed by atoms with Crippen LogP contribution in [-0.4, -0.2) is 64.2 Å². The average molecular weight is 676 g/mol. The summed E-state index contributed by atoms with van der Waals surface area (Å²) in [5, 5.41) is 5.93. The lowest BCUT2D eigenvalue weighted by Crippen LogP contribution is -2.54. The Morgan fingerprint density at radius 1 is 0.918 bits per heavy atom. The summed E-state index contributed by atoms with van der Waals surface area (Å²) >= 11 is 1.60. The number of methoxy groups -OCH3 is 1. The Morgan fingerprint density at radius 3 is 2.49 bits per heavy atom. The van der Waals surface area contributed by atoms with Crippen LogP contribution in [0.25, 0.3) is 31.9 Å². The van der Waals surface area contributed by atoms with E-state index in [1.807, 2.05) is 54.6 Å². The number of carbonyl (C=O) groups excluding carboxylic acids is 5. The van der Waals surface area contributed by atoms with E-state index in [2.05, 4.69) is 15.6 Å². The van der Waals surface area contributed by atoms with Crippen molar-refractivity contribution in [3.63, 3.8) is 0 Å². The summed E-state index contributed by atoms with van der Waals surface area (Å²) in [6.45, 7) is 0.188. The second kappa shape index (κ2) is 13.3. The lowest BCUT2D eigenvalue weighted by molar-refractivity contribution is -0.136. The SMILES string of the molecule is COc1ccc2nc(-c3ccc(-c4ccnc(NC(=O)CCCOc5ccc6c(c5)C(=O)N(C5CCC(=O)NC5=O)C6=O)c4)cc3)sc2c1. The molecule has 2 aliphatic rings. The average Bonchev–Trinajstić information content (AvgIpc) is 3.64. The summed E-state index contributed by atoms with van der Waals surface area (Å²) in [5.41, 5.74) is 4.08. The number of carbonyl (C=O) groups is 5. The maximum atomic E-state index is 13.0. The lowest BCUT2D eigenvalue weighted by Gasteiger charge is -2.27. The number of fused-ring (bicyclic) bond motifs is 2. The number of nitrogens with one attached hydrogen (secondary N) is 2. The Morgan fingerprint density at radius 2 is 1.69 bits per heavy atom. The van der Waals surface area contributed by atoms with Gasteiger partial charge in [-0.3, -0.25) is 34.2 Å². The molecule has 0 spiro atoms. The third-order valence-corrected chi connectivity index (χ3v) is 9.38. The first-order valence-corrected chi connectivity index (χ1v) is 16.4. The number of nitrogens with zero attached hydrogens (tertiary/aromatic N) is 3. The lowest BCUT2D eigenvalue weighted by atomic mass is 10.0. The summed E-state index contributed by atoms with van der Waals surface area (Å²) in [5.74, 6) is -0.950. The third-order valence-electron chi connectivity index (χ3n) is 8.32. The van der Waals surface area contributed by atoms with Crippen LogP contribution in [0.5, 0.6) is 11.5 Å². The van der Waals surface area contributed by atoms with E-state index >= 15 is 0 Å². The molecule has 13 heteroatoms. The van der Waals surface area contributed by atoms with Crippen LogP contribution < -0.4 is 20.1 Å². The molecule has 4 heterocycles. The van der Waals surface area contributed by atoms with E-state index in [-0.39, 0.29) is 42.9 Å². The summed E-state index contributed by atoms with van der Waals surface area (Å²) < 4.78 is 12.1. The minimum atomic E-state index is -1.04. The van der Waals surface area contributed by atoms with Crippen molar-refractivity contribution in [1.82, 2.24) is 20.2 Å². The zero-order chi connectivity index (χ0) is 34.1. The molecule has 2 aromatic heterocycles. The monoisotopic (exact) mass is 675 g/mol. The molecule has 5 aromatic rings. The number of hydrogen-bond acceptors (Lipinski definition) is 10. The fourth-order valence-corrected chi connectivity index (χ4v) is 6.81. The number of aromatic nitrogens is 2.